The SMILES string of the molecule is O=c1c(=Cc2ccc(Cl)c(Cl)c2)sc2nc(-c3cccnc3)nn12. The molecule has 3 aromatic heterocycles. The average molecular weight is 375 g/mol. The molecule has 8 heteroatoms. The summed E-state index contributed by atoms with van der Waals surface area (Å²) in [5, 5.41) is 5.19. The summed E-state index contributed by atoms with van der Waals surface area (Å²) in [5.41, 5.74) is 1.34. The molecule has 24 heavy (non-hydrogen) atoms. The van der Waals surface area contributed by atoms with Gasteiger partial charge in [-0.25, -0.2) is 0 Å². The van der Waals surface area contributed by atoms with E-state index in [1.54, 1.807) is 42.7 Å². The van der Waals surface area contributed by atoms with Crippen molar-refractivity contribution in [2.75, 3.05) is 0 Å². The minimum absolute atomic E-state index is 0.219. The number of nitrogens with zero attached hydrogens (tertiary/aromatic N) is 4. The van der Waals surface area contributed by atoms with Crippen LogP contribution in [-0.4, -0.2) is 19.6 Å². The maximum absolute atomic E-state index is 12.5. The zero-order valence-corrected chi connectivity index (χ0v) is 14.3. The van der Waals surface area contributed by atoms with Gasteiger partial charge >= 0.3 is 0 Å². The van der Waals surface area contributed by atoms with Gasteiger partial charge in [-0.3, -0.25) is 9.78 Å². The number of hydrogen-bond donors (Lipinski definition) is 0. The first-order valence-corrected chi connectivity index (χ1v) is 8.46. The molecule has 0 aliphatic heterocycles. The number of rotatable bonds is 2. The first kappa shape index (κ1) is 15.3. The Labute approximate surface area is 149 Å². The summed E-state index contributed by atoms with van der Waals surface area (Å²) >= 11 is 13.2. The van der Waals surface area contributed by atoms with E-state index in [2.05, 4.69) is 15.1 Å². The predicted octanol–water partition coefficient (Wildman–Crippen LogP) is 3.07. The standard InChI is InChI=1S/C16H8Cl2N4OS/c17-11-4-3-9(6-12(11)18)7-13-15(23)22-16(24-13)20-14(21-22)10-2-1-5-19-8-10/h1-8H. The Morgan fingerprint density at radius 1 is 1.17 bits per heavy atom. The second-order valence-electron chi connectivity index (χ2n) is 4.96. The summed E-state index contributed by atoms with van der Waals surface area (Å²) in [7, 11) is 0. The van der Waals surface area contributed by atoms with Gasteiger partial charge in [0.05, 0.1) is 14.6 Å². The van der Waals surface area contributed by atoms with Gasteiger partial charge in [0.25, 0.3) is 5.56 Å². The minimum Gasteiger partial charge on any atom is -0.266 e. The van der Waals surface area contributed by atoms with Crippen LogP contribution < -0.4 is 10.1 Å². The van der Waals surface area contributed by atoms with Crippen LogP contribution in [-0.2, 0) is 0 Å². The molecule has 1 aromatic carbocycles. The zero-order valence-electron chi connectivity index (χ0n) is 12.0. The fourth-order valence-corrected chi connectivity index (χ4v) is 3.42. The van der Waals surface area contributed by atoms with Gasteiger partial charge in [-0.1, -0.05) is 40.6 Å². The topological polar surface area (TPSA) is 60.2 Å². The van der Waals surface area contributed by atoms with Gasteiger partial charge in [0.1, 0.15) is 0 Å². The number of benzene rings is 1. The predicted molar refractivity (Wildman–Crippen MR) is 95.6 cm³/mol. The second-order valence-corrected chi connectivity index (χ2v) is 6.78. The lowest BCUT2D eigenvalue weighted by Crippen LogP contribution is -2.23. The number of halogens is 2. The highest BCUT2D eigenvalue weighted by molar-refractivity contribution is 7.15. The molecular weight excluding hydrogens is 367 g/mol. The normalized spacial score (nSPS) is 12.2. The maximum atomic E-state index is 12.5. The van der Waals surface area contributed by atoms with Crippen molar-refractivity contribution >= 4 is 45.6 Å². The van der Waals surface area contributed by atoms with Gasteiger partial charge in [-0.05, 0) is 35.9 Å². The molecule has 0 saturated heterocycles. The number of pyridine rings is 1. The Balaban J connectivity index is 1.82. The van der Waals surface area contributed by atoms with Crippen molar-refractivity contribution in [3.63, 3.8) is 0 Å². The van der Waals surface area contributed by atoms with Crippen LogP contribution in [0.2, 0.25) is 10.0 Å². The van der Waals surface area contributed by atoms with Crippen LogP contribution in [0.1, 0.15) is 5.56 Å². The van der Waals surface area contributed by atoms with E-state index in [4.69, 9.17) is 23.2 Å². The van der Waals surface area contributed by atoms with Gasteiger partial charge < -0.3 is 0 Å². The monoisotopic (exact) mass is 374 g/mol. The van der Waals surface area contributed by atoms with Crippen molar-refractivity contribution in [1.82, 2.24) is 19.6 Å². The zero-order chi connectivity index (χ0) is 16.7. The molecule has 0 radical (unpaired) electrons. The molecule has 0 bridgehead atoms. The van der Waals surface area contributed by atoms with Gasteiger partial charge in [-0.15, -0.1) is 5.10 Å². The van der Waals surface area contributed by atoms with Crippen LogP contribution in [0.4, 0.5) is 0 Å². The van der Waals surface area contributed by atoms with Crippen molar-refractivity contribution in [3.05, 3.63) is 73.2 Å². The largest absolute Gasteiger partial charge is 0.291 e. The summed E-state index contributed by atoms with van der Waals surface area (Å²) < 4.78 is 1.83. The molecule has 3 heterocycles. The summed E-state index contributed by atoms with van der Waals surface area (Å²) in [5.74, 6) is 0.479. The lowest BCUT2D eigenvalue weighted by Gasteiger charge is -1.96. The molecule has 4 aromatic rings. The van der Waals surface area contributed by atoms with Crippen LogP contribution in [0, 0.1) is 0 Å². The lowest BCUT2D eigenvalue weighted by atomic mass is 10.2. The molecule has 5 nitrogen and oxygen atoms in total. The third-order valence-electron chi connectivity index (χ3n) is 3.34. The van der Waals surface area contributed by atoms with Crippen molar-refractivity contribution in [2.24, 2.45) is 0 Å². The van der Waals surface area contributed by atoms with Crippen LogP contribution in [0.5, 0.6) is 0 Å². The fraction of sp³-hybridized carbons (Fsp3) is 0. The van der Waals surface area contributed by atoms with Gasteiger partial charge in [0, 0.05) is 18.0 Å². The van der Waals surface area contributed by atoms with Crippen LogP contribution in [0.25, 0.3) is 22.4 Å². The number of aromatic nitrogens is 4. The molecular formula is C16H8Cl2N4OS. The third-order valence-corrected chi connectivity index (χ3v) is 5.04. The molecule has 0 N–H and O–H groups in total. The third kappa shape index (κ3) is 2.69. The number of thiazole rings is 1. The first-order chi connectivity index (χ1) is 11.6. The smallest absolute Gasteiger partial charge is 0.266 e. The van der Waals surface area contributed by atoms with Gasteiger partial charge in [-0.2, -0.15) is 9.50 Å². The Morgan fingerprint density at radius 3 is 2.75 bits per heavy atom. The van der Waals surface area contributed by atoms with E-state index in [0.29, 0.717) is 25.4 Å². The molecule has 0 saturated carbocycles. The van der Waals surface area contributed by atoms with Crippen LogP contribution >= 0.6 is 34.5 Å². The Hall–Kier alpha value is -2.28. The quantitative estimate of drug-likeness (QED) is 0.540. The van der Waals surface area contributed by atoms with E-state index in [9.17, 15) is 4.79 Å². The van der Waals surface area contributed by atoms with Crippen molar-refractivity contribution in [1.29, 1.82) is 0 Å². The molecule has 0 aliphatic rings. The number of hydrogen-bond acceptors (Lipinski definition) is 5. The summed E-state index contributed by atoms with van der Waals surface area (Å²) in [6.45, 7) is 0. The Kier molecular flexibility index (Phi) is 3.80. The molecule has 4 rings (SSSR count). The van der Waals surface area contributed by atoms with Gasteiger partial charge in [0.2, 0.25) is 4.96 Å². The fourth-order valence-electron chi connectivity index (χ4n) is 2.20. The second kappa shape index (κ2) is 5.98. The highest BCUT2D eigenvalue weighted by atomic mass is 35.5. The van der Waals surface area contributed by atoms with E-state index in [-0.39, 0.29) is 5.56 Å². The number of fused-ring (bicyclic) bond motifs is 1. The van der Waals surface area contributed by atoms with E-state index in [1.807, 2.05) is 6.07 Å². The molecule has 0 fully saturated rings. The Bertz CT molecular complexity index is 1150. The summed E-state index contributed by atoms with van der Waals surface area (Å²) in [6.07, 6.45) is 5.08. The van der Waals surface area contributed by atoms with Crippen molar-refractivity contribution in [2.45, 2.75) is 0 Å². The lowest BCUT2D eigenvalue weighted by molar-refractivity contribution is 0.936. The molecule has 0 aliphatic carbocycles. The van der Waals surface area contributed by atoms with E-state index >= 15 is 0 Å². The minimum atomic E-state index is -0.219. The highest BCUT2D eigenvalue weighted by Gasteiger charge is 2.12. The van der Waals surface area contributed by atoms with E-state index < -0.39 is 0 Å². The van der Waals surface area contributed by atoms with E-state index in [1.165, 1.54) is 15.9 Å². The Morgan fingerprint density at radius 2 is 2.04 bits per heavy atom. The summed E-state index contributed by atoms with van der Waals surface area (Å²) in [6, 6.07) is 8.84. The van der Waals surface area contributed by atoms with Gasteiger partial charge in [0.15, 0.2) is 5.82 Å². The van der Waals surface area contributed by atoms with E-state index in [0.717, 1.165) is 11.1 Å². The molecule has 0 unspecified atom stereocenters. The molecule has 0 amide bonds. The first-order valence-electron chi connectivity index (χ1n) is 6.88. The van der Waals surface area contributed by atoms with Crippen molar-refractivity contribution < 1.29 is 0 Å². The summed E-state index contributed by atoms with van der Waals surface area (Å²) in [4.78, 5) is 21.5. The van der Waals surface area contributed by atoms with Crippen molar-refractivity contribution in [3.8, 4) is 11.4 Å². The molecule has 118 valence electrons. The average Bonchev–Trinajstić information content (AvgIpc) is 3.12. The van der Waals surface area contributed by atoms with Crippen LogP contribution in [0.3, 0.4) is 0 Å². The van der Waals surface area contributed by atoms with Crippen LogP contribution in [0.15, 0.2) is 47.5 Å². The highest BCUT2D eigenvalue weighted by Crippen LogP contribution is 2.23. The molecule has 0 spiro atoms. The maximum Gasteiger partial charge on any atom is 0.291 e. The molecule has 0 atom stereocenters.